The number of nitrogens with zero attached hydrogens (tertiary/aromatic N) is 1. The second-order valence-corrected chi connectivity index (χ2v) is 5.42. The van der Waals surface area contributed by atoms with E-state index >= 15 is 0 Å². The predicted octanol–water partition coefficient (Wildman–Crippen LogP) is 3.56. The Balaban J connectivity index is 1.76. The first-order valence-corrected chi connectivity index (χ1v) is 6.66. The molecule has 1 aromatic heterocycles. The Hall–Kier alpha value is -1.42. The second-order valence-electron chi connectivity index (χ2n) is 4.50. The van der Waals surface area contributed by atoms with Crippen molar-refractivity contribution < 1.29 is 4.39 Å². The minimum Gasteiger partial charge on any atom is -0.364 e. The number of hydrogen-bond donors (Lipinski definition) is 1. The van der Waals surface area contributed by atoms with Gasteiger partial charge in [-0.2, -0.15) is 0 Å². The summed E-state index contributed by atoms with van der Waals surface area (Å²) in [5.74, 6) is 0.0105. The van der Waals surface area contributed by atoms with Crippen molar-refractivity contribution >= 4 is 21.7 Å². The zero-order valence-corrected chi connectivity index (χ0v) is 11.2. The Morgan fingerprint density at radius 1 is 1.22 bits per heavy atom. The molecular formula is C14H12BrFN2. The summed E-state index contributed by atoms with van der Waals surface area (Å²) in [6.07, 6.45) is 3.45. The van der Waals surface area contributed by atoms with Crippen molar-refractivity contribution in [1.82, 2.24) is 4.98 Å². The second kappa shape index (κ2) is 4.69. The fourth-order valence-corrected chi connectivity index (χ4v) is 2.68. The fourth-order valence-electron chi connectivity index (χ4n) is 2.38. The maximum absolute atomic E-state index is 13.7. The number of benzene rings is 1. The van der Waals surface area contributed by atoms with E-state index in [0.29, 0.717) is 10.3 Å². The third kappa shape index (κ3) is 2.25. The van der Waals surface area contributed by atoms with Gasteiger partial charge in [-0.3, -0.25) is 0 Å². The van der Waals surface area contributed by atoms with E-state index in [1.54, 1.807) is 6.20 Å². The van der Waals surface area contributed by atoms with Gasteiger partial charge >= 0.3 is 0 Å². The first-order chi connectivity index (χ1) is 8.72. The van der Waals surface area contributed by atoms with E-state index in [4.69, 9.17) is 0 Å². The zero-order valence-electron chi connectivity index (χ0n) is 9.66. The lowest BCUT2D eigenvalue weighted by atomic mass is 10.1. The Bertz CT molecular complexity index is 561. The number of nitrogens with one attached hydrogen (secondary N) is 1. The minimum absolute atomic E-state index is 0.227. The molecule has 2 nitrogen and oxygen atoms in total. The molecule has 92 valence electrons. The number of fused-ring (bicyclic) bond motifs is 1. The van der Waals surface area contributed by atoms with Crippen molar-refractivity contribution in [2.24, 2.45) is 0 Å². The number of halogens is 2. The first-order valence-electron chi connectivity index (χ1n) is 5.87. The maximum atomic E-state index is 13.7. The molecule has 2 aromatic rings. The summed E-state index contributed by atoms with van der Waals surface area (Å²) >= 11 is 3.20. The molecule has 1 N–H and O–H groups in total. The number of rotatable bonds is 2. The third-order valence-corrected chi connectivity index (χ3v) is 3.63. The smallest absolute Gasteiger partial charge is 0.166 e. The van der Waals surface area contributed by atoms with Crippen LogP contribution in [0.5, 0.6) is 0 Å². The molecule has 3 rings (SSSR count). The quantitative estimate of drug-likeness (QED) is 0.917. The highest BCUT2D eigenvalue weighted by Crippen LogP contribution is 2.25. The lowest BCUT2D eigenvalue weighted by molar-refractivity contribution is 0.617. The van der Waals surface area contributed by atoms with Gasteiger partial charge in [0.05, 0.1) is 0 Å². The normalized spacial score (nSPS) is 14.6. The van der Waals surface area contributed by atoms with Gasteiger partial charge in [0.2, 0.25) is 0 Å². The summed E-state index contributed by atoms with van der Waals surface area (Å²) in [4.78, 5) is 4.07. The fraction of sp³-hybridized carbons (Fsp3) is 0.214. The Labute approximate surface area is 113 Å². The highest BCUT2D eigenvalue weighted by Gasteiger charge is 2.21. The molecular weight excluding hydrogens is 295 g/mol. The number of aromatic nitrogens is 1. The minimum atomic E-state index is -0.319. The van der Waals surface area contributed by atoms with E-state index in [1.807, 2.05) is 12.1 Å². The summed E-state index contributed by atoms with van der Waals surface area (Å²) < 4.78 is 14.3. The van der Waals surface area contributed by atoms with E-state index in [2.05, 4.69) is 38.4 Å². The van der Waals surface area contributed by atoms with Crippen LogP contribution >= 0.6 is 15.9 Å². The van der Waals surface area contributed by atoms with Crippen LogP contribution in [0.4, 0.5) is 10.2 Å². The number of pyridine rings is 1. The zero-order chi connectivity index (χ0) is 12.5. The van der Waals surface area contributed by atoms with Gasteiger partial charge in [0.1, 0.15) is 0 Å². The molecule has 1 aliphatic carbocycles. The van der Waals surface area contributed by atoms with Crippen molar-refractivity contribution in [3.05, 3.63) is 57.9 Å². The molecule has 0 unspecified atom stereocenters. The van der Waals surface area contributed by atoms with Crippen LogP contribution in [0.2, 0.25) is 0 Å². The molecule has 0 atom stereocenters. The molecule has 4 heteroatoms. The molecule has 1 aromatic carbocycles. The predicted molar refractivity (Wildman–Crippen MR) is 73.2 cm³/mol. The molecule has 0 saturated carbocycles. The highest BCUT2D eigenvalue weighted by atomic mass is 79.9. The van der Waals surface area contributed by atoms with Crippen LogP contribution in [-0.4, -0.2) is 11.0 Å². The SMILES string of the molecule is Fc1cc(Br)cnc1NC1Cc2ccccc2C1. The van der Waals surface area contributed by atoms with Gasteiger partial charge in [-0.05, 0) is 46.0 Å². The van der Waals surface area contributed by atoms with Crippen LogP contribution in [0.1, 0.15) is 11.1 Å². The van der Waals surface area contributed by atoms with E-state index < -0.39 is 0 Å². The van der Waals surface area contributed by atoms with Crippen molar-refractivity contribution in [3.8, 4) is 0 Å². The van der Waals surface area contributed by atoms with Gasteiger partial charge in [0.15, 0.2) is 11.6 Å². The largest absolute Gasteiger partial charge is 0.364 e. The van der Waals surface area contributed by atoms with E-state index in [-0.39, 0.29) is 11.9 Å². The molecule has 0 saturated heterocycles. The Morgan fingerprint density at radius 3 is 2.50 bits per heavy atom. The van der Waals surface area contributed by atoms with Gasteiger partial charge in [0, 0.05) is 16.7 Å². The molecule has 0 bridgehead atoms. The average Bonchev–Trinajstić information content (AvgIpc) is 2.75. The molecule has 0 spiro atoms. The van der Waals surface area contributed by atoms with Crippen LogP contribution in [0.25, 0.3) is 0 Å². The number of hydrogen-bond acceptors (Lipinski definition) is 2. The molecule has 0 radical (unpaired) electrons. The van der Waals surface area contributed by atoms with Gasteiger partial charge < -0.3 is 5.32 Å². The van der Waals surface area contributed by atoms with Crippen LogP contribution in [-0.2, 0) is 12.8 Å². The summed E-state index contributed by atoms with van der Waals surface area (Å²) in [5, 5.41) is 3.18. The topological polar surface area (TPSA) is 24.9 Å². The van der Waals surface area contributed by atoms with Crippen LogP contribution in [0, 0.1) is 5.82 Å². The standard InChI is InChI=1S/C14H12BrFN2/c15-11-7-13(16)14(17-8-11)18-12-5-9-3-1-2-4-10(9)6-12/h1-4,7-8,12H,5-6H2,(H,17,18). The van der Waals surface area contributed by atoms with Crippen LogP contribution in [0.15, 0.2) is 41.0 Å². The molecule has 0 aliphatic heterocycles. The first kappa shape index (κ1) is 11.7. The summed E-state index contributed by atoms with van der Waals surface area (Å²) in [7, 11) is 0. The molecule has 1 aliphatic rings. The maximum Gasteiger partial charge on any atom is 0.166 e. The van der Waals surface area contributed by atoms with Crippen molar-refractivity contribution in [3.63, 3.8) is 0 Å². The summed E-state index contributed by atoms with van der Waals surface area (Å²) in [5.41, 5.74) is 2.68. The van der Waals surface area contributed by atoms with Gasteiger partial charge in [-0.25, -0.2) is 9.37 Å². The lowest BCUT2D eigenvalue weighted by Crippen LogP contribution is -2.21. The molecule has 0 amide bonds. The van der Waals surface area contributed by atoms with Crippen LogP contribution < -0.4 is 5.32 Å². The molecule has 1 heterocycles. The third-order valence-electron chi connectivity index (χ3n) is 3.20. The number of anilines is 1. The van der Waals surface area contributed by atoms with Gasteiger partial charge in [-0.15, -0.1) is 0 Å². The molecule has 18 heavy (non-hydrogen) atoms. The van der Waals surface area contributed by atoms with Gasteiger partial charge in [0.25, 0.3) is 0 Å². The van der Waals surface area contributed by atoms with Crippen molar-refractivity contribution in [2.75, 3.05) is 5.32 Å². The van der Waals surface area contributed by atoms with E-state index in [9.17, 15) is 4.39 Å². The van der Waals surface area contributed by atoms with Gasteiger partial charge in [-0.1, -0.05) is 24.3 Å². The average molecular weight is 307 g/mol. The monoisotopic (exact) mass is 306 g/mol. The Morgan fingerprint density at radius 2 is 1.89 bits per heavy atom. The molecule has 0 fully saturated rings. The van der Waals surface area contributed by atoms with Crippen LogP contribution in [0.3, 0.4) is 0 Å². The van der Waals surface area contributed by atoms with Crippen molar-refractivity contribution in [2.45, 2.75) is 18.9 Å². The van der Waals surface area contributed by atoms with E-state index in [1.165, 1.54) is 17.2 Å². The summed E-state index contributed by atoms with van der Waals surface area (Å²) in [6, 6.07) is 9.99. The summed E-state index contributed by atoms with van der Waals surface area (Å²) in [6.45, 7) is 0. The highest BCUT2D eigenvalue weighted by molar-refractivity contribution is 9.10. The van der Waals surface area contributed by atoms with Crippen molar-refractivity contribution in [1.29, 1.82) is 0 Å². The van der Waals surface area contributed by atoms with E-state index in [0.717, 1.165) is 12.8 Å². The lowest BCUT2D eigenvalue weighted by Gasteiger charge is -2.13. The Kier molecular flexibility index (Phi) is 3.04.